The first-order chi connectivity index (χ1) is 23.5. The lowest BCUT2D eigenvalue weighted by atomic mass is 9.92. The minimum Gasteiger partial charge on any atom is -0.379 e. The number of morpholine rings is 1. The summed E-state index contributed by atoms with van der Waals surface area (Å²) in [6, 6.07) is 26.6. The van der Waals surface area contributed by atoms with E-state index in [1.165, 1.54) is 0 Å². The van der Waals surface area contributed by atoms with Crippen molar-refractivity contribution >= 4 is 31.8 Å². The molecule has 0 spiro atoms. The molecule has 4 aromatic heterocycles. The first kappa shape index (κ1) is 30.1. The molecular formula is C37H33N7O3S. The largest absolute Gasteiger partial charge is 0.379 e. The molecule has 3 aromatic carbocycles. The maximum Gasteiger partial charge on any atom is 0.182 e. The molecule has 1 fully saturated rings. The van der Waals surface area contributed by atoms with Gasteiger partial charge < -0.3 is 9.72 Å². The minimum absolute atomic E-state index is 0.101. The Morgan fingerprint density at radius 1 is 0.833 bits per heavy atom. The number of H-pyrrole nitrogens is 1. The van der Waals surface area contributed by atoms with Gasteiger partial charge >= 0.3 is 0 Å². The Bertz CT molecular complexity index is 2310. The molecule has 0 unspecified atom stereocenters. The third-order valence-electron chi connectivity index (χ3n) is 8.89. The molecule has 10 nitrogen and oxygen atoms in total. The van der Waals surface area contributed by atoms with Gasteiger partial charge in [-0.25, -0.2) is 13.4 Å². The van der Waals surface area contributed by atoms with Crippen molar-refractivity contribution in [2.45, 2.75) is 17.2 Å². The summed E-state index contributed by atoms with van der Waals surface area (Å²) in [5.74, 6) is -0.101. The van der Waals surface area contributed by atoms with E-state index in [1.807, 2.05) is 53.5 Å². The van der Waals surface area contributed by atoms with Crippen LogP contribution >= 0.6 is 0 Å². The summed E-state index contributed by atoms with van der Waals surface area (Å²) in [4.78, 5) is 15.2. The predicted molar refractivity (Wildman–Crippen MR) is 186 cm³/mol. The third-order valence-corrected chi connectivity index (χ3v) is 10.6. The lowest BCUT2D eigenvalue weighted by molar-refractivity contribution is 0.0359. The van der Waals surface area contributed by atoms with Crippen LogP contribution in [0.2, 0.25) is 0 Å². The highest BCUT2D eigenvalue weighted by Gasteiger charge is 2.20. The van der Waals surface area contributed by atoms with Crippen LogP contribution in [-0.2, 0) is 26.9 Å². The highest BCUT2D eigenvalue weighted by Crippen LogP contribution is 2.41. The van der Waals surface area contributed by atoms with Gasteiger partial charge in [-0.15, -0.1) is 5.10 Å². The van der Waals surface area contributed by atoms with Gasteiger partial charge in [-0.05, 0) is 53.1 Å². The fourth-order valence-electron chi connectivity index (χ4n) is 6.39. The van der Waals surface area contributed by atoms with Crippen molar-refractivity contribution in [3.05, 3.63) is 115 Å². The Morgan fingerprint density at radius 2 is 1.60 bits per heavy atom. The Kier molecular flexibility index (Phi) is 8.01. The number of fused-ring (bicyclic) bond motifs is 3. The SMILES string of the molecule is O=S(=O)(Cc1ccc2[nH]c3ncc(-c4ccc(-c5cn(CCN6CCOCC6)nn5)cc4)c(-c4ccncc4)c3c2c1)c1ccccc1. The smallest absolute Gasteiger partial charge is 0.182 e. The molecule has 0 radical (unpaired) electrons. The van der Waals surface area contributed by atoms with Gasteiger partial charge in [0, 0.05) is 71.2 Å². The van der Waals surface area contributed by atoms with Gasteiger partial charge in [0.25, 0.3) is 0 Å². The van der Waals surface area contributed by atoms with Crippen LogP contribution in [0.15, 0.2) is 115 Å². The quantitative estimate of drug-likeness (QED) is 0.201. The third kappa shape index (κ3) is 5.99. The zero-order chi connectivity index (χ0) is 32.5. The lowest BCUT2D eigenvalue weighted by Crippen LogP contribution is -2.38. The number of benzene rings is 3. The molecule has 0 aliphatic carbocycles. The fraction of sp³-hybridized carbons (Fsp3) is 0.189. The van der Waals surface area contributed by atoms with Crippen LogP contribution in [0.3, 0.4) is 0 Å². The maximum absolute atomic E-state index is 13.3. The molecule has 8 rings (SSSR count). The van der Waals surface area contributed by atoms with E-state index in [0.717, 1.165) is 94.8 Å². The van der Waals surface area contributed by atoms with Crippen LogP contribution in [0.5, 0.6) is 0 Å². The Balaban J connectivity index is 1.15. The average molecular weight is 656 g/mol. The van der Waals surface area contributed by atoms with E-state index in [9.17, 15) is 8.42 Å². The molecule has 1 aliphatic heterocycles. The van der Waals surface area contributed by atoms with Gasteiger partial charge in [-0.3, -0.25) is 14.6 Å². The van der Waals surface area contributed by atoms with Gasteiger partial charge in [0.15, 0.2) is 9.84 Å². The number of hydrogen-bond acceptors (Lipinski definition) is 8. The number of hydrogen-bond donors (Lipinski definition) is 1. The second-order valence-corrected chi connectivity index (χ2v) is 14.0. The van der Waals surface area contributed by atoms with Gasteiger partial charge in [0.1, 0.15) is 11.3 Å². The maximum atomic E-state index is 13.3. The van der Waals surface area contributed by atoms with Crippen LogP contribution in [0, 0.1) is 0 Å². The summed E-state index contributed by atoms with van der Waals surface area (Å²) < 4.78 is 33.9. The van der Waals surface area contributed by atoms with Gasteiger partial charge in [0.2, 0.25) is 0 Å². The topological polar surface area (TPSA) is 119 Å². The summed E-state index contributed by atoms with van der Waals surface area (Å²) in [6.07, 6.45) is 7.45. The predicted octanol–water partition coefficient (Wildman–Crippen LogP) is 6.01. The number of pyridine rings is 2. The zero-order valence-electron chi connectivity index (χ0n) is 26.2. The molecular weight excluding hydrogens is 623 g/mol. The average Bonchev–Trinajstić information content (AvgIpc) is 3.76. The Hall–Kier alpha value is -5.23. The molecule has 1 aliphatic rings. The van der Waals surface area contributed by atoms with Crippen molar-refractivity contribution in [3.63, 3.8) is 0 Å². The van der Waals surface area contributed by atoms with Crippen LogP contribution in [0.25, 0.3) is 55.4 Å². The van der Waals surface area contributed by atoms with Crippen molar-refractivity contribution < 1.29 is 13.2 Å². The summed E-state index contributed by atoms with van der Waals surface area (Å²) in [5.41, 5.74) is 8.07. The highest BCUT2D eigenvalue weighted by molar-refractivity contribution is 7.90. The summed E-state index contributed by atoms with van der Waals surface area (Å²) in [6.45, 7) is 5.14. The zero-order valence-corrected chi connectivity index (χ0v) is 27.0. The first-order valence-corrected chi connectivity index (χ1v) is 17.6. The fourth-order valence-corrected chi connectivity index (χ4v) is 7.75. The number of rotatable bonds is 9. The van der Waals surface area contributed by atoms with Gasteiger partial charge in [-0.2, -0.15) is 0 Å². The van der Waals surface area contributed by atoms with Crippen LogP contribution < -0.4 is 0 Å². The molecule has 240 valence electrons. The van der Waals surface area contributed by atoms with E-state index in [4.69, 9.17) is 9.72 Å². The molecule has 0 saturated carbocycles. The van der Waals surface area contributed by atoms with E-state index < -0.39 is 9.84 Å². The summed E-state index contributed by atoms with van der Waals surface area (Å²) >= 11 is 0. The van der Waals surface area contributed by atoms with Crippen LogP contribution in [0.4, 0.5) is 0 Å². The molecule has 5 heterocycles. The number of nitrogens with zero attached hydrogens (tertiary/aromatic N) is 6. The molecule has 0 atom stereocenters. The molecule has 0 amide bonds. The van der Waals surface area contributed by atoms with Gasteiger partial charge in [0.05, 0.1) is 36.6 Å². The number of nitrogens with one attached hydrogen (secondary N) is 1. The molecule has 7 aromatic rings. The minimum atomic E-state index is -3.52. The van der Waals surface area contributed by atoms with Crippen LogP contribution in [-0.4, -0.2) is 76.1 Å². The Labute approximate surface area is 278 Å². The van der Waals surface area contributed by atoms with Crippen molar-refractivity contribution in [1.29, 1.82) is 0 Å². The number of aromatic amines is 1. The van der Waals surface area contributed by atoms with E-state index in [-0.39, 0.29) is 5.75 Å². The molecule has 11 heteroatoms. The van der Waals surface area contributed by atoms with Gasteiger partial charge in [-0.1, -0.05) is 53.7 Å². The molecule has 1 N–H and O–H groups in total. The Morgan fingerprint density at radius 3 is 2.40 bits per heavy atom. The first-order valence-electron chi connectivity index (χ1n) is 15.9. The van der Waals surface area contributed by atoms with Crippen molar-refractivity contribution in [1.82, 2.24) is 34.8 Å². The monoisotopic (exact) mass is 655 g/mol. The van der Waals surface area contributed by atoms with E-state index >= 15 is 0 Å². The molecule has 1 saturated heterocycles. The molecule has 48 heavy (non-hydrogen) atoms. The summed E-state index contributed by atoms with van der Waals surface area (Å²) in [5, 5.41) is 10.7. The highest BCUT2D eigenvalue weighted by atomic mass is 32.2. The van der Waals surface area contributed by atoms with E-state index in [2.05, 4.69) is 49.4 Å². The van der Waals surface area contributed by atoms with Crippen molar-refractivity contribution in [2.24, 2.45) is 0 Å². The van der Waals surface area contributed by atoms with E-state index in [1.54, 1.807) is 36.7 Å². The van der Waals surface area contributed by atoms with Crippen molar-refractivity contribution in [2.75, 3.05) is 32.8 Å². The van der Waals surface area contributed by atoms with Crippen LogP contribution in [0.1, 0.15) is 5.56 Å². The lowest BCUT2D eigenvalue weighted by Gasteiger charge is -2.26. The van der Waals surface area contributed by atoms with E-state index in [0.29, 0.717) is 10.5 Å². The number of ether oxygens (including phenoxy) is 1. The van der Waals surface area contributed by atoms with Crippen molar-refractivity contribution in [3.8, 4) is 33.5 Å². The standard InChI is InChI=1S/C37H33N7O3S/c45-48(46,30-4-2-1-3-5-30)25-26-6-11-33-31(22-26)36-35(29-12-14-38-15-13-29)32(23-39-37(36)40-33)27-7-9-28(10-8-27)34-24-44(42-41-34)17-16-43-18-20-47-21-19-43/h1-15,22-24H,16-21,25H2,(H,39,40). The number of sulfone groups is 1. The molecule has 0 bridgehead atoms. The second-order valence-electron chi connectivity index (χ2n) is 12.0. The summed E-state index contributed by atoms with van der Waals surface area (Å²) in [7, 11) is -3.52. The number of aromatic nitrogens is 6. The second kappa shape index (κ2) is 12.8. The normalized spacial score (nSPS) is 14.2.